The summed E-state index contributed by atoms with van der Waals surface area (Å²) in [5.41, 5.74) is -0.157. The molecule has 3 aliphatic heterocycles. The van der Waals surface area contributed by atoms with Gasteiger partial charge >= 0.3 is 5.97 Å². The van der Waals surface area contributed by atoms with Gasteiger partial charge in [0, 0.05) is 5.41 Å². The van der Waals surface area contributed by atoms with Crippen LogP contribution < -0.4 is 0 Å². The van der Waals surface area contributed by atoms with Crippen molar-refractivity contribution in [1.29, 1.82) is 0 Å². The number of ether oxygens (including phenoxy) is 3. The molecule has 0 aromatic carbocycles. The van der Waals surface area contributed by atoms with E-state index in [1.807, 2.05) is 0 Å². The maximum absolute atomic E-state index is 12.1. The quantitative estimate of drug-likeness (QED) is 0.345. The summed E-state index contributed by atoms with van der Waals surface area (Å²) in [6.07, 6.45) is 1.45. The molecule has 7 heteroatoms. The van der Waals surface area contributed by atoms with Gasteiger partial charge in [-0.25, -0.2) is 4.79 Å². The lowest BCUT2D eigenvalue weighted by Gasteiger charge is -2.54. The number of cyclic esters (lactones) is 1. The summed E-state index contributed by atoms with van der Waals surface area (Å²) in [7, 11) is 0. The third-order valence-electron chi connectivity index (χ3n) is 8.61. The standard InChI is InChI=1S/C20H26O6.C2H4O/c1-8(2)9-4-14-20(26-14)18(3)6-12(21)15-10(7-24-17(15)23)11(18)5-13-19(20,25-13)16(9)22;1-2-3/h8-9,11-14,16,21-22H,4-7H2,1-3H3;2-3H,1H2/t9?,11?,12-,13-,14-,16+,18-,19+,20+;/m0./s1. The molecule has 0 aromatic heterocycles. The summed E-state index contributed by atoms with van der Waals surface area (Å²) in [6, 6.07) is 0. The minimum Gasteiger partial charge on any atom is -0.516 e. The molecule has 2 saturated heterocycles. The molecule has 7 nitrogen and oxygen atoms in total. The van der Waals surface area contributed by atoms with Gasteiger partial charge in [0.1, 0.15) is 12.2 Å². The van der Waals surface area contributed by atoms with Gasteiger partial charge in [0.25, 0.3) is 0 Å². The molecule has 2 spiro atoms. The largest absolute Gasteiger partial charge is 0.516 e. The minimum absolute atomic E-state index is 0.0400. The molecular weight excluding hydrogens is 376 g/mol. The van der Waals surface area contributed by atoms with Crippen LogP contribution in [0.5, 0.6) is 0 Å². The molecule has 0 amide bonds. The van der Waals surface area contributed by atoms with Crippen LogP contribution in [0.2, 0.25) is 0 Å². The fourth-order valence-corrected chi connectivity index (χ4v) is 7.38. The third-order valence-corrected chi connectivity index (χ3v) is 8.61. The molecule has 0 radical (unpaired) electrons. The van der Waals surface area contributed by atoms with Crippen LogP contribution in [0, 0.1) is 23.2 Å². The lowest BCUT2D eigenvalue weighted by Crippen LogP contribution is -2.67. The Hall–Kier alpha value is -1.41. The molecule has 6 aliphatic rings. The molecule has 0 aromatic rings. The normalized spacial score (nSPS) is 53.4. The van der Waals surface area contributed by atoms with E-state index in [4.69, 9.17) is 19.3 Å². The Morgan fingerprint density at radius 1 is 1.21 bits per heavy atom. The number of epoxide rings is 2. The van der Waals surface area contributed by atoms with E-state index < -0.39 is 23.4 Å². The first-order chi connectivity index (χ1) is 13.7. The first kappa shape index (κ1) is 19.5. The van der Waals surface area contributed by atoms with Crippen LogP contribution in [0.4, 0.5) is 0 Å². The summed E-state index contributed by atoms with van der Waals surface area (Å²) >= 11 is 0. The topological polar surface area (TPSA) is 112 Å². The first-order valence-corrected chi connectivity index (χ1v) is 10.6. The highest BCUT2D eigenvalue weighted by molar-refractivity contribution is 5.93. The second kappa shape index (κ2) is 5.84. The molecular formula is C22H30O7. The highest BCUT2D eigenvalue weighted by Gasteiger charge is 2.93. The van der Waals surface area contributed by atoms with Crippen LogP contribution >= 0.6 is 0 Å². The Morgan fingerprint density at radius 2 is 1.90 bits per heavy atom. The number of aliphatic hydroxyl groups is 3. The van der Waals surface area contributed by atoms with Gasteiger partial charge in [0.2, 0.25) is 0 Å². The number of rotatable bonds is 1. The highest BCUT2D eigenvalue weighted by Crippen LogP contribution is 2.79. The van der Waals surface area contributed by atoms with E-state index in [0.29, 0.717) is 17.9 Å². The van der Waals surface area contributed by atoms with E-state index in [1.165, 1.54) is 0 Å². The van der Waals surface area contributed by atoms with Gasteiger partial charge in [-0.1, -0.05) is 27.4 Å². The van der Waals surface area contributed by atoms with E-state index in [-0.39, 0.29) is 42.0 Å². The first-order valence-electron chi connectivity index (χ1n) is 10.6. The number of fused-ring (bicyclic) bond motifs is 2. The van der Waals surface area contributed by atoms with Crippen molar-refractivity contribution in [3.8, 4) is 0 Å². The molecule has 3 heterocycles. The van der Waals surface area contributed by atoms with E-state index in [9.17, 15) is 15.0 Å². The monoisotopic (exact) mass is 406 g/mol. The van der Waals surface area contributed by atoms with E-state index in [2.05, 4.69) is 27.4 Å². The summed E-state index contributed by atoms with van der Waals surface area (Å²) in [4.78, 5) is 12.1. The summed E-state index contributed by atoms with van der Waals surface area (Å²) in [6.45, 7) is 9.64. The lowest BCUT2D eigenvalue weighted by molar-refractivity contribution is -0.137. The zero-order valence-corrected chi connectivity index (χ0v) is 17.1. The molecule has 3 aliphatic carbocycles. The van der Waals surface area contributed by atoms with Crippen molar-refractivity contribution in [2.45, 2.75) is 75.7 Å². The van der Waals surface area contributed by atoms with Crippen LogP contribution in [-0.2, 0) is 19.0 Å². The van der Waals surface area contributed by atoms with Gasteiger partial charge in [-0.2, -0.15) is 0 Å². The van der Waals surface area contributed by atoms with Gasteiger partial charge in [-0.15, -0.1) is 0 Å². The average molecular weight is 406 g/mol. The van der Waals surface area contributed by atoms with Crippen LogP contribution in [0.25, 0.3) is 0 Å². The van der Waals surface area contributed by atoms with E-state index in [1.54, 1.807) is 0 Å². The Balaban J connectivity index is 0.000000573. The van der Waals surface area contributed by atoms with Crippen LogP contribution in [0.3, 0.4) is 0 Å². The van der Waals surface area contributed by atoms with E-state index >= 15 is 0 Å². The van der Waals surface area contributed by atoms with Gasteiger partial charge in [-0.05, 0) is 42.6 Å². The number of carbonyl (C=O) groups is 1. The fraction of sp³-hybridized carbons (Fsp3) is 0.773. The molecule has 6 rings (SSSR count). The Kier molecular flexibility index (Phi) is 3.94. The van der Waals surface area contributed by atoms with Crippen LogP contribution in [0.1, 0.15) is 40.0 Å². The number of aliphatic hydroxyl groups excluding tert-OH is 3. The molecule has 9 atom stereocenters. The minimum atomic E-state index is -0.826. The molecule has 29 heavy (non-hydrogen) atoms. The van der Waals surface area contributed by atoms with Crippen molar-refractivity contribution in [3.63, 3.8) is 0 Å². The summed E-state index contributed by atoms with van der Waals surface area (Å²) < 4.78 is 17.9. The summed E-state index contributed by atoms with van der Waals surface area (Å²) in [5, 5.41) is 29.4. The zero-order valence-electron chi connectivity index (χ0n) is 17.1. The Labute approximate surface area is 170 Å². The third kappa shape index (κ3) is 2.05. The van der Waals surface area contributed by atoms with Gasteiger partial charge < -0.3 is 29.5 Å². The van der Waals surface area contributed by atoms with Crippen molar-refractivity contribution in [2.24, 2.45) is 23.2 Å². The maximum atomic E-state index is 12.1. The smallest absolute Gasteiger partial charge is 0.337 e. The van der Waals surface area contributed by atoms with Crippen LogP contribution in [-0.4, -0.2) is 63.5 Å². The Morgan fingerprint density at radius 3 is 2.55 bits per heavy atom. The molecule has 4 fully saturated rings. The molecule has 2 saturated carbocycles. The zero-order chi connectivity index (χ0) is 20.9. The Bertz CT molecular complexity index is 805. The van der Waals surface area contributed by atoms with Crippen LogP contribution in [0.15, 0.2) is 24.0 Å². The van der Waals surface area contributed by atoms with Gasteiger partial charge in [0.05, 0.1) is 36.3 Å². The number of esters is 1. The predicted octanol–water partition coefficient (Wildman–Crippen LogP) is 1.63. The molecule has 2 unspecified atom stereocenters. The van der Waals surface area contributed by atoms with Gasteiger partial charge in [0.15, 0.2) is 5.60 Å². The van der Waals surface area contributed by atoms with Crippen molar-refractivity contribution in [1.82, 2.24) is 0 Å². The summed E-state index contributed by atoms with van der Waals surface area (Å²) in [5.74, 6) is 0.253. The molecule has 0 bridgehead atoms. The number of hydrogen-bond acceptors (Lipinski definition) is 7. The van der Waals surface area contributed by atoms with Crippen molar-refractivity contribution in [2.75, 3.05) is 6.61 Å². The maximum Gasteiger partial charge on any atom is 0.337 e. The second-order valence-electron chi connectivity index (χ2n) is 9.95. The lowest BCUT2D eigenvalue weighted by atomic mass is 9.46. The average Bonchev–Trinajstić information content (AvgIpc) is 3.51. The highest BCUT2D eigenvalue weighted by atomic mass is 16.7. The van der Waals surface area contributed by atoms with Crippen molar-refractivity contribution >= 4 is 5.97 Å². The van der Waals surface area contributed by atoms with Crippen molar-refractivity contribution in [3.05, 3.63) is 24.0 Å². The SMILES string of the molecule is C=CO.CC(C)C1C[C@@H]2O[C@]23[C@]2(O[C@H]2CC2C4=C(C(=O)OC4)[C@@H](O)C[C@@]23C)[C@@H]1O. The van der Waals surface area contributed by atoms with Gasteiger partial charge in [-0.3, -0.25) is 0 Å². The molecule has 3 N–H and O–H groups in total. The number of hydrogen-bond donors (Lipinski definition) is 3. The van der Waals surface area contributed by atoms with Crippen molar-refractivity contribution < 1.29 is 34.3 Å². The second-order valence-corrected chi connectivity index (χ2v) is 9.95. The van der Waals surface area contributed by atoms with E-state index in [0.717, 1.165) is 24.7 Å². The predicted molar refractivity (Wildman–Crippen MR) is 102 cm³/mol. The fourth-order valence-electron chi connectivity index (χ4n) is 7.38. The number of carbonyl (C=O) groups excluding carboxylic acids is 1. The molecule has 160 valence electrons.